The maximum Gasteiger partial charge on any atom is 0.337 e. The first-order valence-corrected chi connectivity index (χ1v) is 7.38. The van der Waals surface area contributed by atoms with Gasteiger partial charge in [-0.3, -0.25) is 4.79 Å². The number of ether oxygens (including phenoxy) is 1. The molecule has 1 heterocycles. The van der Waals surface area contributed by atoms with E-state index in [1.807, 2.05) is 29.9 Å². The summed E-state index contributed by atoms with van der Waals surface area (Å²) in [5.41, 5.74) is 1.52. The van der Waals surface area contributed by atoms with E-state index < -0.39 is 0 Å². The van der Waals surface area contributed by atoms with Gasteiger partial charge >= 0.3 is 5.97 Å². The number of nitrogens with zero attached hydrogens (tertiary/aromatic N) is 3. The molecule has 0 aliphatic carbocycles. The zero-order valence-electron chi connectivity index (χ0n) is 13.7. The predicted molar refractivity (Wildman–Crippen MR) is 85.8 cm³/mol. The second-order valence-electron chi connectivity index (χ2n) is 5.39. The number of carbonyl (C=O) groups is 2. The molecule has 0 saturated heterocycles. The number of aromatic nitrogens is 2. The molecule has 23 heavy (non-hydrogen) atoms. The van der Waals surface area contributed by atoms with Crippen molar-refractivity contribution >= 4 is 11.9 Å². The number of imidazole rings is 1. The van der Waals surface area contributed by atoms with E-state index in [1.54, 1.807) is 30.3 Å². The highest BCUT2D eigenvalue weighted by Gasteiger charge is 2.12. The first-order valence-electron chi connectivity index (χ1n) is 7.38. The van der Waals surface area contributed by atoms with Gasteiger partial charge in [-0.15, -0.1) is 0 Å². The normalized spacial score (nSPS) is 10.4. The van der Waals surface area contributed by atoms with Gasteiger partial charge in [-0.2, -0.15) is 0 Å². The third-order valence-corrected chi connectivity index (χ3v) is 3.73. The van der Waals surface area contributed by atoms with Crippen LogP contribution in [0.2, 0.25) is 0 Å². The van der Waals surface area contributed by atoms with E-state index in [4.69, 9.17) is 0 Å². The molecule has 0 bridgehead atoms. The van der Waals surface area contributed by atoms with Crippen molar-refractivity contribution in [3.63, 3.8) is 0 Å². The molecular weight excluding hydrogens is 294 g/mol. The van der Waals surface area contributed by atoms with Crippen LogP contribution in [0.15, 0.2) is 36.7 Å². The number of hydrogen-bond acceptors (Lipinski definition) is 4. The summed E-state index contributed by atoms with van der Waals surface area (Å²) in [5.74, 6) is 0.552. The maximum atomic E-state index is 12.2. The van der Waals surface area contributed by atoms with Crippen molar-refractivity contribution in [3.05, 3.63) is 53.6 Å². The van der Waals surface area contributed by atoms with Crippen LogP contribution in [-0.2, 0) is 29.5 Å². The van der Waals surface area contributed by atoms with Crippen LogP contribution in [-0.4, -0.2) is 40.5 Å². The molecule has 0 N–H and O–H groups in total. The van der Waals surface area contributed by atoms with Crippen LogP contribution in [0, 0.1) is 0 Å². The van der Waals surface area contributed by atoms with Crippen molar-refractivity contribution in [1.82, 2.24) is 14.5 Å². The largest absolute Gasteiger partial charge is 0.465 e. The van der Waals surface area contributed by atoms with Crippen molar-refractivity contribution in [3.8, 4) is 0 Å². The molecule has 1 aromatic heterocycles. The zero-order valence-corrected chi connectivity index (χ0v) is 13.7. The van der Waals surface area contributed by atoms with Gasteiger partial charge < -0.3 is 14.2 Å². The predicted octanol–water partition coefficient (Wildman–Crippen LogP) is 1.80. The van der Waals surface area contributed by atoms with Crippen LogP contribution >= 0.6 is 0 Å². The Balaban J connectivity index is 1.86. The van der Waals surface area contributed by atoms with E-state index in [-0.39, 0.29) is 11.9 Å². The van der Waals surface area contributed by atoms with Crippen molar-refractivity contribution in [2.24, 2.45) is 7.05 Å². The molecule has 6 heteroatoms. The fourth-order valence-electron chi connectivity index (χ4n) is 2.22. The van der Waals surface area contributed by atoms with Gasteiger partial charge in [0.1, 0.15) is 5.82 Å². The molecule has 2 rings (SSSR count). The summed E-state index contributed by atoms with van der Waals surface area (Å²) in [5, 5.41) is 0. The summed E-state index contributed by atoms with van der Waals surface area (Å²) in [7, 11) is 5.03. The first kappa shape index (κ1) is 16.7. The smallest absolute Gasteiger partial charge is 0.337 e. The van der Waals surface area contributed by atoms with Crippen LogP contribution in [0.1, 0.15) is 28.2 Å². The van der Waals surface area contributed by atoms with Crippen molar-refractivity contribution < 1.29 is 14.3 Å². The van der Waals surface area contributed by atoms with Crippen LogP contribution < -0.4 is 0 Å². The highest BCUT2D eigenvalue weighted by atomic mass is 16.5. The van der Waals surface area contributed by atoms with Crippen molar-refractivity contribution in [2.45, 2.75) is 19.4 Å². The van der Waals surface area contributed by atoms with Crippen LogP contribution in [0.3, 0.4) is 0 Å². The highest BCUT2D eigenvalue weighted by molar-refractivity contribution is 5.89. The van der Waals surface area contributed by atoms with Gasteiger partial charge in [0.05, 0.1) is 19.2 Å². The number of hydrogen-bond donors (Lipinski definition) is 0. The summed E-state index contributed by atoms with van der Waals surface area (Å²) in [4.78, 5) is 29.4. The monoisotopic (exact) mass is 315 g/mol. The van der Waals surface area contributed by atoms with Crippen LogP contribution in [0.4, 0.5) is 0 Å². The molecular formula is C17H21N3O3. The molecule has 6 nitrogen and oxygen atoms in total. The van der Waals surface area contributed by atoms with Gasteiger partial charge in [-0.1, -0.05) is 12.1 Å². The second-order valence-corrected chi connectivity index (χ2v) is 5.39. The van der Waals surface area contributed by atoms with Gasteiger partial charge in [0, 0.05) is 32.9 Å². The first-order chi connectivity index (χ1) is 11.0. The van der Waals surface area contributed by atoms with Crippen LogP contribution in [0.25, 0.3) is 0 Å². The molecule has 0 aliphatic heterocycles. The minimum Gasteiger partial charge on any atom is -0.465 e. The van der Waals surface area contributed by atoms with Gasteiger partial charge in [-0.05, 0) is 24.1 Å². The summed E-state index contributed by atoms with van der Waals surface area (Å²) < 4.78 is 6.56. The summed E-state index contributed by atoms with van der Waals surface area (Å²) in [6.07, 6.45) is 4.62. The number of aryl methyl sites for hydroxylation is 2. The van der Waals surface area contributed by atoms with Gasteiger partial charge in [-0.25, -0.2) is 9.78 Å². The molecule has 0 aliphatic rings. The number of benzene rings is 1. The molecule has 1 amide bonds. The Kier molecular flexibility index (Phi) is 5.51. The maximum absolute atomic E-state index is 12.2. The van der Waals surface area contributed by atoms with Crippen molar-refractivity contribution in [2.75, 3.05) is 14.2 Å². The number of methoxy groups -OCH3 is 1. The van der Waals surface area contributed by atoms with Crippen molar-refractivity contribution in [1.29, 1.82) is 0 Å². The fourth-order valence-corrected chi connectivity index (χ4v) is 2.22. The molecule has 2 aromatic rings. The lowest BCUT2D eigenvalue weighted by Gasteiger charge is -2.17. The van der Waals surface area contributed by atoms with E-state index in [9.17, 15) is 9.59 Å². The third-order valence-electron chi connectivity index (χ3n) is 3.73. The summed E-state index contributed by atoms with van der Waals surface area (Å²) in [6.45, 7) is 0.490. The minimum atomic E-state index is -0.359. The highest BCUT2D eigenvalue weighted by Crippen LogP contribution is 2.09. The number of rotatable bonds is 6. The number of carbonyl (C=O) groups excluding carboxylic acids is 2. The third kappa shape index (κ3) is 4.42. The Labute approximate surface area is 135 Å². The summed E-state index contributed by atoms with van der Waals surface area (Å²) in [6, 6.07) is 7.11. The van der Waals surface area contributed by atoms with E-state index >= 15 is 0 Å². The Hall–Kier alpha value is -2.63. The second kappa shape index (κ2) is 7.58. The van der Waals surface area contributed by atoms with E-state index in [1.165, 1.54) is 7.11 Å². The van der Waals surface area contributed by atoms with Gasteiger partial charge in [0.25, 0.3) is 0 Å². The Morgan fingerprint density at radius 1 is 1.26 bits per heavy atom. The minimum absolute atomic E-state index is 0.0602. The number of amides is 1. The SMILES string of the molecule is COC(=O)c1ccc(CCC(=O)N(C)Cc2nccn2C)cc1. The van der Waals surface area contributed by atoms with Crippen LogP contribution in [0.5, 0.6) is 0 Å². The van der Waals surface area contributed by atoms with E-state index in [2.05, 4.69) is 9.72 Å². The Morgan fingerprint density at radius 3 is 2.52 bits per heavy atom. The molecule has 1 aromatic carbocycles. The Bertz CT molecular complexity index is 677. The zero-order chi connectivity index (χ0) is 16.8. The lowest BCUT2D eigenvalue weighted by atomic mass is 10.1. The fraction of sp³-hybridized carbons (Fsp3) is 0.353. The average molecular weight is 315 g/mol. The van der Waals surface area contributed by atoms with Gasteiger partial charge in [0.2, 0.25) is 5.91 Å². The lowest BCUT2D eigenvalue weighted by Crippen LogP contribution is -2.27. The van der Waals surface area contributed by atoms with E-state index in [0.29, 0.717) is 24.9 Å². The average Bonchev–Trinajstić information content (AvgIpc) is 2.97. The van der Waals surface area contributed by atoms with E-state index in [0.717, 1.165) is 11.4 Å². The summed E-state index contributed by atoms with van der Waals surface area (Å²) >= 11 is 0. The van der Waals surface area contributed by atoms with Gasteiger partial charge in [0.15, 0.2) is 0 Å². The lowest BCUT2D eigenvalue weighted by molar-refractivity contribution is -0.130. The molecule has 0 atom stereocenters. The molecule has 0 unspecified atom stereocenters. The molecule has 0 saturated carbocycles. The quantitative estimate of drug-likeness (QED) is 0.763. The molecule has 0 radical (unpaired) electrons. The molecule has 0 fully saturated rings. The molecule has 0 spiro atoms. The number of esters is 1. The standard InChI is InChI=1S/C17H21N3O3/c1-19-11-10-18-15(19)12-20(2)16(21)9-6-13-4-7-14(8-5-13)17(22)23-3/h4-5,7-8,10-11H,6,9,12H2,1-3H3. The molecule has 122 valence electrons. The topological polar surface area (TPSA) is 64.4 Å². The Morgan fingerprint density at radius 2 is 1.96 bits per heavy atom.